The molecule has 3 heterocycles. The highest BCUT2D eigenvalue weighted by Crippen LogP contribution is 2.40. The number of benzene rings is 1. The van der Waals surface area contributed by atoms with Crippen molar-refractivity contribution in [3.8, 4) is 0 Å². The van der Waals surface area contributed by atoms with E-state index in [1.165, 1.54) is 12.0 Å². The number of anilines is 1. The molecule has 140 valence electrons. The third-order valence-electron chi connectivity index (χ3n) is 5.99. The summed E-state index contributed by atoms with van der Waals surface area (Å²) in [6.07, 6.45) is 5.29. The quantitative estimate of drug-likeness (QED) is 0.839. The summed E-state index contributed by atoms with van der Waals surface area (Å²) in [7, 11) is 1.84. The molecule has 2 atom stereocenters. The highest BCUT2D eigenvalue weighted by Gasteiger charge is 2.49. The van der Waals surface area contributed by atoms with Crippen molar-refractivity contribution in [1.29, 1.82) is 0 Å². The Balaban J connectivity index is 1.65. The fraction of sp³-hybridized carbons (Fsp3) is 0.476. The molecular formula is C21H25N5O. The maximum absolute atomic E-state index is 13.3. The predicted molar refractivity (Wildman–Crippen MR) is 105 cm³/mol. The van der Waals surface area contributed by atoms with E-state index in [0.717, 1.165) is 49.0 Å². The van der Waals surface area contributed by atoms with Gasteiger partial charge in [0.15, 0.2) is 11.5 Å². The van der Waals surface area contributed by atoms with Crippen LogP contribution >= 0.6 is 0 Å². The number of carbonyl (C=O) groups is 1. The lowest BCUT2D eigenvalue weighted by atomic mass is 10.1. The van der Waals surface area contributed by atoms with Gasteiger partial charge in [0.25, 0.3) is 5.91 Å². The molecular weight excluding hydrogens is 338 g/mol. The Morgan fingerprint density at radius 1 is 1.19 bits per heavy atom. The molecule has 1 fully saturated rings. The highest BCUT2D eigenvalue weighted by atomic mass is 16.2. The zero-order chi connectivity index (χ0) is 18.5. The molecule has 27 heavy (non-hydrogen) atoms. The Labute approximate surface area is 159 Å². The summed E-state index contributed by atoms with van der Waals surface area (Å²) in [5.41, 5.74) is 1.90. The summed E-state index contributed by atoms with van der Waals surface area (Å²) in [5, 5.41) is 0. The number of amides is 1. The van der Waals surface area contributed by atoms with E-state index in [9.17, 15) is 4.79 Å². The lowest BCUT2D eigenvalue weighted by molar-refractivity contribution is 0.0854. The minimum absolute atomic E-state index is 0.00533. The number of aryl methyl sites for hydroxylation is 1. The molecule has 0 radical (unpaired) electrons. The van der Waals surface area contributed by atoms with Gasteiger partial charge in [-0.05, 0) is 31.2 Å². The van der Waals surface area contributed by atoms with E-state index in [1.807, 2.05) is 25.2 Å². The van der Waals surface area contributed by atoms with Crippen molar-refractivity contribution in [2.45, 2.75) is 57.7 Å². The fourth-order valence-electron chi connectivity index (χ4n) is 4.70. The summed E-state index contributed by atoms with van der Waals surface area (Å²) in [6, 6.07) is 11.0. The molecule has 6 heteroatoms. The lowest BCUT2D eigenvalue weighted by Crippen LogP contribution is -2.51. The number of aliphatic imine (C=N–C) groups is 1. The molecule has 1 aromatic heterocycles. The number of hydrogen-bond acceptors (Lipinski definition) is 4. The van der Waals surface area contributed by atoms with E-state index in [2.05, 4.69) is 28.5 Å². The number of guanidine groups is 1. The van der Waals surface area contributed by atoms with Gasteiger partial charge in [0.05, 0.1) is 12.1 Å². The van der Waals surface area contributed by atoms with Crippen molar-refractivity contribution in [3.63, 3.8) is 0 Å². The van der Waals surface area contributed by atoms with Crippen molar-refractivity contribution in [1.82, 2.24) is 14.5 Å². The number of carbonyl (C=O) groups excluding carboxylic acids is 1. The predicted octanol–water partition coefficient (Wildman–Crippen LogP) is 3.07. The van der Waals surface area contributed by atoms with E-state index in [-0.39, 0.29) is 5.91 Å². The Bertz CT molecular complexity index is 916. The number of nitrogens with zero attached hydrogens (tertiary/aromatic N) is 5. The van der Waals surface area contributed by atoms with Gasteiger partial charge < -0.3 is 4.57 Å². The first kappa shape index (κ1) is 16.5. The van der Waals surface area contributed by atoms with Crippen LogP contribution in [0.1, 0.15) is 54.5 Å². The lowest BCUT2D eigenvalue weighted by Gasteiger charge is -2.34. The third kappa shape index (κ3) is 2.42. The van der Waals surface area contributed by atoms with Crippen molar-refractivity contribution in [2.24, 2.45) is 4.99 Å². The smallest absolute Gasteiger partial charge is 0.280 e. The van der Waals surface area contributed by atoms with Gasteiger partial charge >= 0.3 is 0 Å². The molecule has 0 spiro atoms. The second kappa shape index (κ2) is 6.22. The van der Waals surface area contributed by atoms with Crippen LogP contribution in [0.5, 0.6) is 0 Å². The van der Waals surface area contributed by atoms with E-state index in [1.54, 1.807) is 4.90 Å². The van der Waals surface area contributed by atoms with Crippen LogP contribution in [0, 0.1) is 0 Å². The van der Waals surface area contributed by atoms with Crippen LogP contribution in [0.3, 0.4) is 0 Å². The van der Waals surface area contributed by atoms with E-state index >= 15 is 0 Å². The monoisotopic (exact) mass is 363 g/mol. The van der Waals surface area contributed by atoms with Gasteiger partial charge in [0, 0.05) is 20.0 Å². The van der Waals surface area contributed by atoms with Gasteiger partial charge in [-0.3, -0.25) is 14.6 Å². The zero-order valence-corrected chi connectivity index (χ0v) is 15.9. The van der Waals surface area contributed by atoms with Crippen LogP contribution in [0.15, 0.2) is 35.3 Å². The summed E-state index contributed by atoms with van der Waals surface area (Å²) in [4.78, 5) is 27.1. The van der Waals surface area contributed by atoms with Crippen LogP contribution in [-0.4, -0.2) is 45.4 Å². The first-order valence-electron chi connectivity index (χ1n) is 9.97. The summed E-state index contributed by atoms with van der Waals surface area (Å²) < 4.78 is 2.13. The number of hydrogen-bond donors (Lipinski definition) is 0. The van der Waals surface area contributed by atoms with Gasteiger partial charge in [0.2, 0.25) is 5.96 Å². The molecule has 3 aliphatic rings. The topological polar surface area (TPSA) is 53.7 Å². The minimum atomic E-state index is 0.00533. The first-order chi connectivity index (χ1) is 13.2. The van der Waals surface area contributed by atoms with Crippen molar-refractivity contribution < 1.29 is 4.79 Å². The largest absolute Gasteiger partial charge is 0.318 e. The number of fused-ring (bicyclic) bond motifs is 5. The standard InChI is InChI=1S/C21H25N5O/c1-3-8-17-23-19-18(25(17)13-14-9-5-4-6-10-14)20(27)24(2)21-22-15-11-7-12-16(15)26(19)21/h4-6,9-10,15-16H,3,7-8,11-13H2,1-2H3/t15-,16+/m1/s1. The molecule has 0 N–H and O–H groups in total. The average Bonchev–Trinajstić information content (AvgIpc) is 3.35. The third-order valence-corrected chi connectivity index (χ3v) is 5.99. The molecule has 0 unspecified atom stereocenters. The van der Waals surface area contributed by atoms with Gasteiger partial charge in [-0.1, -0.05) is 37.3 Å². The van der Waals surface area contributed by atoms with Crippen molar-refractivity contribution in [2.75, 3.05) is 11.9 Å². The second-order valence-corrected chi connectivity index (χ2v) is 7.75. The Morgan fingerprint density at radius 3 is 2.78 bits per heavy atom. The molecule has 2 aromatic rings. The van der Waals surface area contributed by atoms with E-state index in [4.69, 9.17) is 9.98 Å². The summed E-state index contributed by atoms with van der Waals surface area (Å²) in [5.74, 6) is 2.61. The van der Waals surface area contributed by atoms with Crippen LogP contribution in [0.2, 0.25) is 0 Å². The molecule has 6 nitrogen and oxygen atoms in total. The van der Waals surface area contributed by atoms with E-state index < -0.39 is 0 Å². The fourth-order valence-corrected chi connectivity index (χ4v) is 4.70. The number of rotatable bonds is 4. The summed E-state index contributed by atoms with van der Waals surface area (Å²) in [6.45, 7) is 2.83. The highest BCUT2D eigenvalue weighted by molar-refractivity contribution is 6.18. The molecule has 0 bridgehead atoms. The van der Waals surface area contributed by atoms with Gasteiger partial charge in [-0.2, -0.15) is 0 Å². The molecule has 5 rings (SSSR count). The van der Waals surface area contributed by atoms with Crippen LogP contribution < -0.4 is 4.90 Å². The maximum atomic E-state index is 13.3. The molecule has 1 amide bonds. The van der Waals surface area contributed by atoms with Crippen molar-refractivity contribution in [3.05, 3.63) is 47.4 Å². The second-order valence-electron chi connectivity index (χ2n) is 7.75. The zero-order valence-electron chi connectivity index (χ0n) is 15.9. The van der Waals surface area contributed by atoms with Crippen LogP contribution in [-0.2, 0) is 13.0 Å². The Morgan fingerprint density at radius 2 is 2.00 bits per heavy atom. The minimum Gasteiger partial charge on any atom is -0.318 e. The molecule has 1 aliphatic carbocycles. The summed E-state index contributed by atoms with van der Waals surface area (Å²) >= 11 is 0. The average molecular weight is 363 g/mol. The first-order valence-corrected chi connectivity index (χ1v) is 9.97. The molecule has 2 aliphatic heterocycles. The van der Waals surface area contributed by atoms with E-state index in [0.29, 0.717) is 18.6 Å². The van der Waals surface area contributed by atoms with Gasteiger partial charge in [-0.25, -0.2) is 9.98 Å². The maximum Gasteiger partial charge on any atom is 0.280 e. The molecule has 1 aromatic carbocycles. The van der Waals surface area contributed by atoms with Crippen molar-refractivity contribution >= 4 is 17.7 Å². The molecule has 1 saturated carbocycles. The number of aromatic nitrogens is 2. The van der Waals surface area contributed by atoms with Gasteiger partial charge in [-0.15, -0.1) is 0 Å². The Hall–Kier alpha value is -2.63. The Kier molecular flexibility index (Phi) is 3.81. The van der Waals surface area contributed by atoms with Crippen LogP contribution in [0.25, 0.3) is 0 Å². The molecule has 0 saturated heterocycles. The SMILES string of the molecule is CCCc1nc2c(n1Cc1ccccc1)C(=O)N(C)C1=N[C@@H]3CCC[C@@H]3N12. The number of imidazole rings is 1. The van der Waals surface area contributed by atoms with Crippen LogP contribution in [0.4, 0.5) is 5.82 Å². The normalized spacial score (nSPS) is 23.3. The van der Waals surface area contributed by atoms with Gasteiger partial charge in [0.1, 0.15) is 5.82 Å².